The first-order valence-electron chi connectivity index (χ1n) is 20.8. The molecule has 3 unspecified atom stereocenters. The number of likely N-dealkylation sites (tertiary alicyclic amines) is 1. The zero-order chi connectivity index (χ0) is 43.4. The van der Waals surface area contributed by atoms with E-state index in [1.54, 1.807) is 53.8 Å². The molecule has 324 valence electrons. The van der Waals surface area contributed by atoms with Gasteiger partial charge in [-0.25, -0.2) is 4.79 Å². The van der Waals surface area contributed by atoms with Crippen molar-refractivity contribution in [1.29, 1.82) is 0 Å². The highest BCUT2D eigenvalue weighted by atomic mass is 16.6. The lowest BCUT2D eigenvalue weighted by Crippen LogP contribution is -2.59. The maximum absolute atomic E-state index is 14.5. The number of rotatable bonds is 21. The smallest absolute Gasteiger partial charge is 0.329 e. The summed E-state index contributed by atoms with van der Waals surface area (Å²) in [5.74, 6) is -2.51. The van der Waals surface area contributed by atoms with Crippen LogP contribution < -0.4 is 16.0 Å². The second-order valence-corrected chi connectivity index (χ2v) is 17.6. The number of carbonyl (C=O) groups excluding carboxylic acids is 5. The Morgan fingerprint density at radius 2 is 1.47 bits per heavy atom. The number of ether oxygens (including phenoxy) is 3. The molecule has 0 bridgehead atoms. The maximum Gasteiger partial charge on any atom is 0.329 e. The highest BCUT2D eigenvalue weighted by Crippen LogP contribution is 2.33. The Labute approximate surface area is 343 Å². The van der Waals surface area contributed by atoms with Gasteiger partial charge in [0, 0.05) is 33.7 Å². The molecule has 0 radical (unpaired) electrons. The van der Waals surface area contributed by atoms with E-state index in [4.69, 9.17) is 14.2 Å². The van der Waals surface area contributed by atoms with E-state index in [2.05, 4.69) is 16.0 Å². The summed E-state index contributed by atoms with van der Waals surface area (Å²) in [7, 11) is 6.54. The van der Waals surface area contributed by atoms with Gasteiger partial charge in [-0.05, 0) is 70.9 Å². The number of amides is 4. The number of likely N-dealkylation sites (N-methyl/N-ethyl adjacent to an activating group) is 2. The molecule has 0 aliphatic carbocycles. The predicted octanol–water partition coefficient (Wildman–Crippen LogP) is 4.75. The van der Waals surface area contributed by atoms with Gasteiger partial charge in [-0.3, -0.25) is 19.2 Å². The Bertz CT molecular complexity index is 1450. The maximum atomic E-state index is 14.5. The largest absolute Gasteiger partial charge is 0.458 e. The van der Waals surface area contributed by atoms with Crippen molar-refractivity contribution in [2.24, 2.45) is 23.7 Å². The fourth-order valence-electron chi connectivity index (χ4n) is 8.08. The molecule has 4 amide bonds. The minimum absolute atomic E-state index is 0.00729. The molecule has 10 atom stereocenters. The third-order valence-corrected chi connectivity index (χ3v) is 11.4. The Hall–Kier alpha value is -3.55. The molecule has 1 aromatic carbocycles. The van der Waals surface area contributed by atoms with Gasteiger partial charge < -0.3 is 40.0 Å². The average Bonchev–Trinajstić information content (AvgIpc) is 3.53. The first kappa shape index (κ1) is 49.6. The van der Waals surface area contributed by atoms with Crippen LogP contribution in [0.5, 0.6) is 0 Å². The molecule has 1 saturated heterocycles. The van der Waals surface area contributed by atoms with Crippen molar-refractivity contribution in [2.45, 2.75) is 162 Å². The summed E-state index contributed by atoms with van der Waals surface area (Å²) in [5, 5.41) is 8.98. The second-order valence-electron chi connectivity index (χ2n) is 17.6. The number of methoxy groups -OCH3 is 2. The highest BCUT2D eigenvalue weighted by Gasteiger charge is 2.45. The van der Waals surface area contributed by atoms with E-state index >= 15 is 0 Å². The lowest BCUT2D eigenvalue weighted by Gasteiger charge is -2.41. The molecule has 1 aromatic rings. The molecular formula is C44H75N5O8. The van der Waals surface area contributed by atoms with Crippen molar-refractivity contribution in [2.75, 3.05) is 28.3 Å². The fraction of sp³-hybridized carbons (Fsp3) is 0.750. The van der Waals surface area contributed by atoms with Crippen LogP contribution in [-0.4, -0.2) is 122 Å². The summed E-state index contributed by atoms with van der Waals surface area (Å²) >= 11 is 0. The zero-order valence-electron chi connectivity index (χ0n) is 37.5. The summed E-state index contributed by atoms with van der Waals surface area (Å²) in [5.41, 5.74) is 0.129. The third kappa shape index (κ3) is 13.8. The van der Waals surface area contributed by atoms with Gasteiger partial charge >= 0.3 is 5.97 Å². The Morgan fingerprint density at radius 1 is 0.877 bits per heavy atom. The molecule has 1 fully saturated rings. The molecule has 13 nitrogen and oxygen atoms in total. The summed E-state index contributed by atoms with van der Waals surface area (Å²) in [6, 6.07) is 6.24. The van der Waals surface area contributed by atoms with Crippen LogP contribution in [0.15, 0.2) is 30.3 Å². The number of carbonyl (C=O) groups is 5. The first-order valence-corrected chi connectivity index (χ1v) is 20.8. The van der Waals surface area contributed by atoms with E-state index in [0.29, 0.717) is 12.8 Å². The van der Waals surface area contributed by atoms with E-state index in [-0.39, 0.29) is 60.3 Å². The Balaban J connectivity index is 2.36. The molecule has 0 spiro atoms. The molecule has 0 saturated carbocycles. The predicted molar refractivity (Wildman–Crippen MR) is 223 cm³/mol. The van der Waals surface area contributed by atoms with Gasteiger partial charge in [0.25, 0.3) is 0 Å². The minimum Gasteiger partial charge on any atom is -0.458 e. The van der Waals surface area contributed by atoms with Gasteiger partial charge in [-0.2, -0.15) is 0 Å². The standard InChI is InChI=1S/C44H75N5O8/c1-16-28(6)38(48(13)42(53)37(27(4)5)47-41(52)36(45-12)26(2)3)34(55-14)25-35(50)49-29(7)22-23-33(49)39(56-15)30(8)40(51)46-32(43(54)57-44(9,10)11)24-31-20-18-17-19-21-31/h17-21,26-30,32-34,36-39,45H,16,22-25H2,1-15H3,(H,46,51)(H,47,52)/t28-,29-,30+,32-,33-,34?,36-,37-,38?,39?/m0/s1. The number of nitrogens with zero attached hydrogens (tertiary/aromatic N) is 2. The first-order chi connectivity index (χ1) is 26.6. The SMILES string of the molecule is CC[C@H](C)C(C(CC(=O)N1[C@@H](C)CC[C@H]1C(OC)[C@@H](C)C(=O)N[C@@H](Cc1ccccc1)C(=O)OC(C)(C)C)OC)N(C)C(=O)[C@@H](NC(=O)[C@@H](NC)C(C)C)C(C)C. The molecule has 0 aromatic heterocycles. The monoisotopic (exact) mass is 802 g/mol. The van der Waals surface area contributed by atoms with Crippen molar-refractivity contribution in [3.63, 3.8) is 0 Å². The van der Waals surface area contributed by atoms with Crippen LogP contribution in [0, 0.1) is 23.7 Å². The van der Waals surface area contributed by atoms with Crippen molar-refractivity contribution >= 4 is 29.6 Å². The summed E-state index contributed by atoms with van der Waals surface area (Å²) in [6.07, 6.45) is 0.966. The molecule has 13 heteroatoms. The van der Waals surface area contributed by atoms with E-state index < -0.39 is 59.9 Å². The lowest BCUT2D eigenvalue weighted by molar-refractivity contribution is -0.159. The van der Waals surface area contributed by atoms with Crippen molar-refractivity contribution < 1.29 is 38.2 Å². The minimum atomic E-state index is -0.928. The Morgan fingerprint density at radius 3 is 1.96 bits per heavy atom. The average molecular weight is 802 g/mol. The molecule has 57 heavy (non-hydrogen) atoms. The number of benzene rings is 1. The van der Waals surface area contributed by atoms with Crippen LogP contribution in [-0.2, 0) is 44.6 Å². The van der Waals surface area contributed by atoms with Gasteiger partial charge in [0.1, 0.15) is 17.7 Å². The summed E-state index contributed by atoms with van der Waals surface area (Å²) in [6.45, 7) is 20.9. The van der Waals surface area contributed by atoms with Gasteiger partial charge in [-0.15, -0.1) is 0 Å². The van der Waals surface area contributed by atoms with E-state index in [1.165, 1.54) is 7.11 Å². The van der Waals surface area contributed by atoms with Crippen LogP contribution >= 0.6 is 0 Å². The van der Waals surface area contributed by atoms with Crippen molar-refractivity contribution in [1.82, 2.24) is 25.8 Å². The van der Waals surface area contributed by atoms with Crippen LogP contribution in [0.3, 0.4) is 0 Å². The highest BCUT2D eigenvalue weighted by molar-refractivity contribution is 5.90. The molecule has 1 heterocycles. The lowest BCUT2D eigenvalue weighted by atomic mass is 9.89. The van der Waals surface area contributed by atoms with Crippen molar-refractivity contribution in [3.05, 3.63) is 35.9 Å². The van der Waals surface area contributed by atoms with Gasteiger partial charge in [-0.1, -0.05) is 85.2 Å². The van der Waals surface area contributed by atoms with Crippen molar-refractivity contribution in [3.8, 4) is 0 Å². The fourth-order valence-corrected chi connectivity index (χ4v) is 8.08. The van der Waals surface area contributed by atoms with Crippen LogP contribution in [0.2, 0.25) is 0 Å². The van der Waals surface area contributed by atoms with Gasteiger partial charge in [0.15, 0.2) is 0 Å². The number of esters is 1. The zero-order valence-corrected chi connectivity index (χ0v) is 37.5. The van der Waals surface area contributed by atoms with E-state index in [0.717, 1.165) is 12.0 Å². The molecule has 3 N–H and O–H groups in total. The summed E-state index contributed by atoms with van der Waals surface area (Å²) in [4.78, 5) is 72.8. The Kier molecular flexibility index (Phi) is 19.6. The normalized spacial score (nSPS) is 20.2. The summed E-state index contributed by atoms with van der Waals surface area (Å²) < 4.78 is 17.8. The van der Waals surface area contributed by atoms with Gasteiger partial charge in [0.2, 0.25) is 23.6 Å². The molecule has 2 rings (SSSR count). The number of nitrogens with one attached hydrogen (secondary N) is 3. The second kappa shape index (κ2) is 22.6. The van der Waals surface area contributed by atoms with Crippen LogP contribution in [0.1, 0.15) is 107 Å². The molecular weight excluding hydrogens is 727 g/mol. The number of hydrogen-bond donors (Lipinski definition) is 3. The van der Waals surface area contributed by atoms with E-state index in [1.807, 2.05) is 83.7 Å². The van der Waals surface area contributed by atoms with Crippen LogP contribution in [0.4, 0.5) is 0 Å². The molecule has 1 aliphatic rings. The number of hydrogen-bond acceptors (Lipinski definition) is 9. The molecule has 1 aliphatic heterocycles. The topological polar surface area (TPSA) is 156 Å². The van der Waals surface area contributed by atoms with Crippen LogP contribution in [0.25, 0.3) is 0 Å². The van der Waals surface area contributed by atoms with E-state index in [9.17, 15) is 24.0 Å². The quantitative estimate of drug-likeness (QED) is 0.150. The third-order valence-electron chi connectivity index (χ3n) is 11.4. The van der Waals surface area contributed by atoms with Gasteiger partial charge in [0.05, 0.1) is 42.7 Å².